The zero-order chi connectivity index (χ0) is 16.3. The van der Waals surface area contributed by atoms with Crippen molar-refractivity contribution >= 4 is 0 Å². The van der Waals surface area contributed by atoms with Gasteiger partial charge in [0.15, 0.2) is 0 Å². The first kappa shape index (κ1) is 17.4. The van der Waals surface area contributed by atoms with Crippen molar-refractivity contribution in [1.82, 2.24) is 0 Å². The average molecular weight is 359 g/mol. The van der Waals surface area contributed by atoms with Gasteiger partial charge in [-0.1, -0.05) is 0 Å². The molecule has 0 nitrogen and oxygen atoms in total. The Balaban J connectivity index is 2.47. The van der Waals surface area contributed by atoms with Crippen molar-refractivity contribution < 1.29 is 29.2 Å². The molecule has 0 amide bonds. The van der Waals surface area contributed by atoms with Gasteiger partial charge in [0.1, 0.15) is 0 Å². The molecule has 0 fully saturated rings. The van der Waals surface area contributed by atoms with Gasteiger partial charge in [-0.05, 0) is 0 Å². The molecule has 0 bridgehead atoms. The average Bonchev–Trinajstić information content (AvgIpc) is 2.63. The summed E-state index contributed by atoms with van der Waals surface area (Å²) < 4.78 is 3.63. The fourth-order valence-electron chi connectivity index (χ4n) is 3.97. The van der Waals surface area contributed by atoms with Crippen LogP contribution in [0, 0.1) is 10.8 Å². The van der Waals surface area contributed by atoms with Gasteiger partial charge >= 0.3 is 147 Å². The van der Waals surface area contributed by atoms with E-state index in [0.717, 1.165) is 0 Å². The van der Waals surface area contributed by atoms with Crippen LogP contribution in [-0.2, 0) is 29.2 Å². The molecule has 2 aliphatic carbocycles. The van der Waals surface area contributed by atoms with E-state index >= 15 is 0 Å². The molecule has 113 valence electrons. The first-order chi connectivity index (χ1) is 9.44. The molecule has 0 saturated heterocycles. The Bertz CT molecular complexity index is 575. The predicted molar refractivity (Wildman–Crippen MR) is 89.7 cm³/mol. The molecule has 1 heteroatoms. The van der Waals surface area contributed by atoms with Crippen LogP contribution in [0.4, 0.5) is 0 Å². The number of hydrogen-bond acceptors (Lipinski definition) is 0. The van der Waals surface area contributed by atoms with E-state index in [4.69, 9.17) is 0 Å². The maximum atomic E-state index is 2.44. The van der Waals surface area contributed by atoms with Gasteiger partial charge in [0.05, 0.1) is 0 Å². The Hall–Kier alpha value is 0.0639. The molecule has 21 heavy (non-hydrogen) atoms. The van der Waals surface area contributed by atoms with E-state index in [9.17, 15) is 0 Å². The van der Waals surface area contributed by atoms with Crippen molar-refractivity contribution in [2.75, 3.05) is 0 Å². The molecule has 2 aliphatic rings. The minimum absolute atomic E-state index is 0.295. The molecule has 0 aromatic heterocycles. The molecule has 0 unspecified atom stereocenters. The fraction of sp³-hybridized carbons (Fsp3) is 0.600. The van der Waals surface area contributed by atoms with Crippen molar-refractivity contribution in [3.05, 3.63) is 38.2 Å². The Kier molecular flexibility index (Phi) is 4.40. The number of allylic oxidation sites excluding steroid dienone is 8. The standard InChI is InChI=1S/2C10H15.Y/c2*1-7-6-10(4,5)9(3)8(7)2;/h2*1-5H3;. The summed E-state index contributed by atoms with van der Waals surface area (Å²) in [4.78, 5) is 0. The summed E-state index contributed by atoms with van der Waals surface area (Å²) in [5, 5.41) is 0. The number of rotatable bonds is 2. The SMILES string of the molecule is CC1=C(C)C(C)(C)[C]([Y][C]2=C(C)C(C)=C(C)C2(C)C)=C1C. The van der Waals surface area contributed by atoms with E-state index in [0.29, 0.717) is 10.8 Å². The quantitative estimate of drug-likeness (QED) is 0.537. The van der Waals surface area contributed by atoms with Crippen LogP contribution >= 0.6 is 0 Å². The van der Waals surface area contributed by atoms with Gasteiger partial charge in [0, 0.05) is 0 Å². The monoisotopic (exact) mass is 359 g/mol. The molecule has 0 N–H and O–H groups in total. The Morgan fingerprint density at radius 3 is 1.00 bits per heavy atom. The molecule has 0 aliphatic heterocycles. The zero-order valence-electron chi connectivity index (χ0n) is 15.6. The molecule has 0 aromatic carbocycles. The summed E-state index contributed by atoms with van der Waals surface area (Å²) in [6.07, 6.45) is 0. The van der Waals surface area contributed by atoms with Crippen molar-refractivity contribution in [2.24, 2.45) is 10.8 Å². The summed E-state index contributed by atoms with van der Waals surface area (Å²) in [5.41, 5.74) is 10.1. The van der Waals surface area contributed by atoms with Gasteiger partial charge in [0.25, 0.3) is 0 Å². The van der Waals surface area contributed by atoms with Crippen molar-refractivity contribution in [2.45, 2.75) is 69.2 Å². The van der Waals surface area contributed by atoms with Crippen molar-refractivity contribution in [3.8, 4) is 0 Å². The topological polar surface area (TPSA) is 0 Å². The molecular weight excluding hydrogens is 329 g/mol. The fourth-order valence-corrected chi connectivity index (χ4v) is 9.64. The normalized spacial score (nSPS) is 24.5. The molecule has 0 spiro atoms. The molecule has 0 aromatic rings. The van der Waals surface area contributed by atoms with E-state index in [1.54, 1.807) is 33.4 Å². The zero-order valence-corrected chi connectivity index (χ0v) is 18.4. The van der Waals surface area contributed by atoms with Crippen molar-refractivity contribution in [3.63, 3.8) is 0 Å². The van der Waals surface area contributed by atoms with Crippen molar-refractivity contribution in [1.29, 1.82) is 0 Å². The van der Waals surface area contributed by atoms with E-state index in [1.165, 1.54) is 0 Å². The molecule has 0 radical (unpaired) electrons. The third kappa shape index (κ3) is 2.42. The Morgan fingerprint density at radius 1 is 0.524 bits per heavy atom. The van der Waals surface area contributed by atoms with Crippen LogP contribution < -0.4 is 0 Å². The Labute approximate surface area is 146 Å². The summed E-state index contributed by atoms with van der Waals surface area (Å²) >= 11 is -0.948. The third-order valence-electron chi connectivity index (χ3n) is 6.57. The van der Waals surface area contributed by atoms with Crippen LogP contribution in [0.25, 0.3) is 0 Å². The predicted octanol–water partition coefficient (Wildman–Crippen LogP) is 6.37. The van der Waals surface area contributed by atoms with Crippen LogP contribution in [0.1, 0.15) is 69.2 Å². The van der Waals surface area contributed by atoms with E-state index in [2.05, 4.69) is 69.2 Å². The summed E-state index contributed by atoms with van der Waals surface area (Å²) in [7, 11) is 0. The van der Waals surface area contributed by atoms with E-state index in [1.807, 2.05) is 4.77 Å². The summed E-state index contributed by atoms with van der Waals surface area (Å²) in [5.74, 6) is 0. The number of hydrogen-bond donors (Lipinski definition) is 0. The minimum atomic E-state index is -0.948. The summed E-state index contributed by atoms with van der Waals surface area (Å²) in [6.45, 7) is 23.8. The van der Waals surface area contributed by atoms with Crippen LogP contribution in [0.15, 0.2) is 38.2 Å². The van der Waals surface area contributed by atoms with Gasteiger partial charge in [-0.25, -0.2) is 0 Å². The van der Waals surface area contributed by atoms with Crippen LogP contribution in [0.5, 0.6) is 0 Å². The molecule has 0 saturated carbocycles. The Morgan fingerprint density at radius 2 is 0.810 bits per heavy atom. The van der Waals surface area contributed by atoms with Gasteiger partial charge in [0.2, 0.25) is 0 Å². The van der Waals surface area contributed by atoms with Gasteiger partial charge in [-0.15, -0.1) is 0 Å². The maximum absolute atomic E-state index is 2.44. The first-order valence-electron chi connectivity index (χ1n) is 8.08. The van der Waals surface area contributed by atoms with E-state index < -0.39 is 29.2 Å². The first-order valence-corrected chi connectivity index (χ1v) is 10.9. The van der Waals surface area contributed by atoms with Gasteiger partial charge in [-0.3, -0.25) is 0 Å². The summed E-state index contributed by atoms with van der Waals surface area (Å²) in [6, 6.07) is 0. The molecular formula is C20H30Y. The van der Waals surface area contributed by atoms with Gasteiger partial charge < -0.3 is 0 Å². The second-order valence-corrected chi connectivity index (χ2v) is 11.5. The van der Waals surface area contributed by atoms with Crippen LogP contribution in [-0.4, -0.2) is 0 Å². The molecule has 0 atom stereocenters. The second kappa shape index (κ2) is 5.31. The molecule has 2 rings (SSSR count). The second-order valence-electron chi connectivity index (χ2n) is 7.97. The van der Waals surface area contributed by atoms with E-state index in [-0.39, 0.29) is 0 Å². The van der Waals surface area contributed by atoms with Crippen LogP contribution in [0.3, 0.4) is 0 Å². The third-order valence-corrected chi connectivity index (χ3v) is 13.7. The van der Waals surface area contributed by atoms with Crippen LogP contribution in [0.2, 0.25) is 0 Å². The molecule has 0 heterocycles. The van der Waals surface area contributed by atoms with Gasteiger partial charge in [-0.2, -0.15) is 0 Å².